The van der Waals surface area contributed by atoms with Crippen LogP contribution in [0.25, 0.3) is 0 Å². The molecule has 3 heterocycles. The first kappa shape index (κ1) is 18.4. The Labute approximate surface area is 166 Å². The van der Waals surface area contributed by atoms with Crippen LogP contribution in [0.2, 0.25) is 0 Å². The lowest BCUT2D eigenvalue weighted by atomic mass is 9.84. The van der Waals surface area contributed by atoms with Crippen LogP contribution in [0.15, 0.2) is 30.6 Å². The number of aromatic nitrogens is 3. The maximum absolute atomic E-state index is 6.04. The molecule has 0 spiro atoms. The van der Waals surface area contributed by atoms with Crippen molar-refractivity contribution in [3.8, 4) is 11.6 Å². The molecule has 0 unspecified atom stereocenters. The average molecular weight is 374 g/mol. The van der Waals surface area contributed by atoms with E-state index < -0.39 is 0 Å². The van der Waals surface area contributed by atoms with E-state index in [0.29, 0.717) is 17.4 Å². The smallest absolute Gasteiger partial charge is 0.264 e. The molecule has 1 aromatic carbocycles. The number of pyridine rings is 1. The van der Waals surface area contributed by atoms with Crippen molar-refractivity contribution < 1.29 is 4.74 Å². The molecule has 3 aromatic rings. The highest BCUT2D eigenvalue weighted by Gasteiger charge is 2.31. The SMILES string of the molecule is Cc1cc2c(cn1)Oc1nc(C)cnc1N2c1c(C)cc(C(C)(C)C)cc1C. The summed E-state index contributed by atoms with van der Waals surface area (Å²) in [5.74, 6) is 1.91. The van der Waals surface area contributed by atoms with Gasteiger partial charge in [0.05, 0.1) is 29.5 Å². The molecule has 0 bridgehead atoms. The molecule has 0 saturated heterocycles. The summed E-state index contributed by atoms with van der Waals surface area (Å²) in [5.41, 5.74) is 7.60. The van der Waals surface area contributed by atoms with E-state index in [9.17, 15) is 0 Å². The number of rotatable bonds is 1. The minimum Gasteiger partial charge on any atom is -0.432 e. The molecule has 2 aromatic heterocycles. The molecule has 5 heteroatoms. The van der Waals surface area contributed by atoms with Gasteiger partial charge in [-0.1, -0.05) is 32.9 Å². The van der Waals surface area contributed by atoms with Crippen molar-refractivity contribution in [1.29, 1.82) is 0 Å². The van der Waals surface area contributed by atoms with Crippen molar-refractivity contribution >= 4 is 17.2 Å². The van der Waals surface area contributed by atoms with Gasteiger partial charge in [-0.25, -0.2) is 9.97 Å². The zero-order valence-electron chi connectivity index (χ0n) is 17.6. The number of fused-ring (bicyclic) bond motifs is 2. The second kappa shape index (κ2) is 6.30. The molecule has 1 aliphatic heterocycles. The van der Waals surface area contributed by atoms with Crippen molar-refractivity contribution in [3.05, 3.63) is 58.7 Å². The van der Waals surface area contributed by atoms with Crippen LogP contribution >= 0.6 is 0 Å². The molecule has 1 aliphatic rings. The van der Waals surface area contributed by atoms with E-state index in [1.807, 2.05) is 19.9 Å². The van der Waals surface area contributed by atoms with Gasteiger partial charge in [-0.05, 0) is 55.9 Å². The third-order valence-electron chi connectivity index (χ3n) is 5.07. The Kier molecular flexibility index (Phi) is 4.14. The Morgan fingerprint density at radius 1 is 0.857 bits per heavy atom. The molecule has 144 valence electrons. The first-order chi connectivity index (χ1) is 13.1. The van der Waals surface area contributed by atoms with E-state index >= 15 is 0 Å². The largest absolute Gasteiger partial charge is 0.432 e. The molecule has 5 nitrogen and oxygen atoms in total. The number of aryl methyl sites for hydroxylation is 4. The highest BCUT2D eigenvalue weighted by molar-refractivity contribution is 5.86. The lowest BCUT2D eigenvalue weighted by molar-refractivity contribution is 0.450. The van der Waals surface area contributed by atoms with E-state index in [0.717, 1.165) is 22.8 Å². The summed E-state index contributed by atoms with van der Waals surface area (Å²) in [6.45, 7) is 14.9. The van der Waals surface area contributed by atoms with Gasteiger partial charge in [-0.3, -0.25) is 9.88 Å². The molecule has 0 radical (unpaired) electrons. The van der Waals surface area contributed by atoms with Crippen LogP contribution in [0.3, 0.4) is 0 Å². The Hall–Kier alpha value is -2.95. The van der Waals surface area contributed by atoms with Gasteiger partial charge in [-0.2, -0.15) is 0 Å². The molecule has 4 rings (SSSR count). The van der Waals surface area contributed by atoms with Crippen LogP contribution < -0.4 is 9.64 Å². The topological polar surface area (TPSA) is 51.1 Å². The number of hydrogen-bond donors (Lipinski definition) is 0. The molecule has 0 amide bonds. The maximum atomic E-state index is 6.04. The second-order valence-electron chi connectivity index (χ2n) is 8.58. The summed E-state index contributed by atoms with van der Waals surface area (Å²) in [5, 5.41) is 0. The minimum absolute atomic E-state index is 0.0896. The van der Waals surface area contributed by atoms with E-state index in [2.05, 4.69) is 66.6 Å². The van der Waals surface area contributed by atoms with Gasteiger partial charge in [0, 0.05) is 5.69 Å². The number of hydrogen-bond acceptors (Lipinski definition) is 5. The normalized spacial score (nSPS) is 13.0. The maximum Gasteiger partial charge on any atom is 0.264 e. The number of anilines is 3. The fraction of sp³-hybridized carbons (Fsp3) is 0.348. The van der Waals surface area contributed by atoms with Crippen LogP contribution in [0.1, 0.15) is 48.8 Å². The summed E-state index contributed by atoms with van der Waals surface area (Å²) in [7, 11) is 0. The lowest BCUT2D eigenvalue weighted by Crippen LogP contribution is -2.21. The Balaban J connectivity index is 1.99. The van der Waals surface area contributed by atoms with Crippen LogP contribution in [0, 0.1) is 27.7 Å². The predicted molar refractivity (Wildman–Crippen MR) is 112 cm³/mol. The lowest BCUT2D eigenvalue weighted by Gasteiger charge is -2.34. The molecule has 0 N–H and O–H groups in total. The Bertz CT molecular complexity index is 1060. The molecular weight excluding hydrogens is 348 g/mol. The van der Waals surface area contributed by atoms with Gasteiger partial charge in [0.2, 0.25) is 5.82 Å². The molecule has 0 aliphatic carbocycles. The zero-order chi connectivity index (χ0) is 20.2. The van der Waals surface area contributed by atoms with Crippen LogP contribution in [-0.4, -0.2) is 15.0 Å². The van der Waals surface area contributed by atoms with Gasteiger partial charge in [0.1, 0.15) is 0 Å². The first-order valence-corrected chi connectivity index (χ1v) is 9.55. The highest BCUT2D eigenvalue weighted by atomic mass is 16.5. The van der Waals surface area contributed by atoms with Crippen molar-refractivity contribution in [2.24, 2.45) is 0 Å². The standard InChI is InChI=1S/C23H26N4O/c1-13-8-17(23(5,6)7)9-14(2)20(13)27-18-10-15(3)24-12-19(18)28-22-21(27)25-11-16(4)26-22/h8-12H,1-7H3. The van der Waals surface area contributed by atoms with Crippen LogP contribution in [0.5, 0.6) is 11.6 Å². The summed E-state index contributed by atoms with van der Waals surface area (Å²) in [6.07, 6.45) is 3.54. The monoisotopic (exact) mass is 374 g/mol. The van der Waals surface area contributed by atoms with Gasteiger partial charge >= 0.3 is 0 Å². The van der Waals surface area contributed by atoms with E-state index in [-0.39, 0.29) is 5.41 Å². The molecule has 0 fully saturated rings. The first-order valence-electron chi connectivity index (χ1n) is 9.55. The van der Waals surface area contributed by atoms with Gasteiger partial charge in [-0.15, -0.1) is 0 Å². The van der Waals surface area contributed by atoms with Crippen LogP contribution in [0.4, 0.5) is 17.2 Å². The number of benzene rings is 1. The quantitative estimate of drug-likeness (QED) is 0.410. The summed E-state index contributed by atoms with van der Waals surface area (Å²) < 4.78 is 6.04. The van der Waals surface area contributed by atoms with E-state index in [1.165, 1.54) is 16.7 Å². The average Bonchev–Trinajstić information content (AvgIpc) is 2.60. The number of ether oxygens (including phenoxy) is 1. The van der Waals surface area contributed by atoms with E-state index in [1.54, 1.807) is 12.4 Å². The molecule has 0 saturated carbocycles. The van der Waals surface area contributed by atoms with Gasteiger partial charge in [0.25, 0.3) is 5.88 Å². The van der Waals surface area contributed by atoms with Gasteiger partial charge in [0.15, 0.2) is 5.75 Å². The van der Waals surface area contributed by atoms with E-state index in [4.69, 9.17) is 4.74 Å². The number of nitrogens with zero attached hydrogens (tertiary/aromatic N) is 4. The predicted octanol–water partition coefficient (Wildman–Crippen LogP) is 5.98. The fourth-order valence-corrected chi connectivity index (χ4v) is 3.64. The zero-order valence-corrected chi connectivity index (χ0v) is 17.6. The summed E-state index contributed by atoms with van der Waals surface area (Å²) >= 11 is 0. The third-order valence-corrected chi connectivity index (χ3v) is 5.07. The Morgan fingerprint density at radius 2 is 1.54 bits per heavy atom. The Morgan fingerprint density at radius 3 is 2.18 bits per heavy atom. The van der Waals surface area contributed by atoms with Crippen molar-refractivity contribution in [3.63, 3.8) is 0 Å². The summed E-state index contributed by atoms with van der Waals surface area (Å²) in [6, 6.07) is 6.58. The van der Waals surface area contributed by atoms with Crippen molar-refractivity contribution in [1.82, 2.24) is 15.0 Å². The third kappa shape index (κ3) is 3.01. The molecule has 28 heavy (non-hydrogen) atoms. The second-order valence-corrected chi connectivity index (χ2v) is 8.58. The molecule has 0 atom stereocenters. The fourth-order valence-electron chi connectivity index (χ4n) is 3.64. The highest BCUT2D eigenvalue weighted by Crippen LogP contribution is 2.50. The molecular formula is C23H26N4O. The van der Waals surface area contributed by atoms with Crippen molar-refractivity contribution in [2.75, 3.05) is 4.90 Å². The van der Waals surface area contributed by atoms with Crippen molar-refractivity contribution in [2.45, 2.75) is 53.9 Å². The van der Waals surface area contributed by atoms with Gasteiger partial charge < -0.3 is 4.74 Å². The van der Waals surface area contributed by atoms with Crippen LogP contribution in [-0.2, 0) is 5.41 Å². The minimum atomic E-state index is 0.0896. The summed E-state index contributed by atoms with van der Waals surface area (Å²) in [4.78, 5) is 15.8.